The molecule has 7 heteroatoms. The van der Waals surface area contributed by atoms with Crippen LogP contribution in [0.15, 0.2) is 6.07 Å². The predicted molar refractivity (Wildman–Crippen MR) is 79.1 cm³/mol. The molecule has 0 spiro atoms. The first-order chi connectivity index (χ1) is 9.99. The molecule has 1 heterocycles. The molecular weight excluding hydrogens is 292 g/mol. The van der Waals surface area contributed by atoms with Gasteiger partial charge in [0, 0.05) is 12.1 Å². The molecule has 1 aliphatic carbocycles. The zero-order chi connectivity index (χ0) is 15.0. The summed E-state index contributed by atoms with van der Waals surface area (Å²) < 4.78 is 28.5. The molecule has 0 unspecified atom stereocenters. The molecule has 0 saturated carbocycles. The Balaban J connectivity index is 1.77. The molecule has 2 aromatic rings. The lowest BCUT2D eigenvalue weighted by Gasteiger charge is -2.20. The van der Waals surface area contributed by atoms with E-state index < -0.39 is 10.1 Å². The van der Waals surface area contributed by atoms with Crippen molar-refractivity contribution in [1.82, 2.24) is 9.78 Å². The van der Waals surface area contributed by atoms with Gasteiger partial charge in [0.05, 0.1) is 23.9 Å². The number of rotatable bonds is 6. The molecule has 0 radical (unpaired) electrons. The second-order valence-electron chi connectivity index (χ2n) is 5.43. The minimum atomic E-state index is -3.37. The minimum Gasteiger partial charge on any atom is -0.298 e. The van der Waals surface area contributed by atoms with Gasteiger partial charge in [-0.3, -0.25) is 18.8 Å². The van der Waals surface area contributed by atoms with Gasteiger partial charge in [-0.1, -0.05) is 0 Å². The zero-order valence-electron chi connectivity index (χ0n) is 11.9. The third kappa shape index (κ3) is 2.75. The number of hydrogen-bond donors (Lipinski definition) is 1. The fourth-order valence-electron chi connectivity index (χ4n) is 3.04. The molecule has 0 bridgehead atoms. The van der Waals surface area contributed by atoms with Crippen LogP contribution in [0.2, 0.25) is 0 Å². The van der Waals surface area contributed by atoms with E-state index in [0.717, 1.165) is 48.4 Å². The Morgan fingerprint density at radius 1 is 1.38 bits per heavy atom. The monoisotopic (exact) mass is 310 g/mol. The van der Waals surface area contributed by atoms with Gasteiger partial charge in [-0.15, -0.1) is 0 Å². The van der Waals surface area contributed by atoms with E-state index in [-0.39, 0.29) is 6.61 Å². The first-order valence-electron chi connectivity index (χ1n) is 7.02. The molecule has 0 aliphatic heterocycles. The van der Waals surface area contributed by atoms with Crippen molar-refractivity contribution >= 4 is 27.4 Å². The van der Waals surface area contributed by atoms with Gasteiger partial charge >= 0.3 is 0 Å². The number of carbonyl (C=O) groups excluding carboxylic acids is 1. The summed E-state index contributed by atoms with van der Waals surface area (Å²) in [5.74, 6) is 0. The Morgan fingerprint density at radius 2 is 2.14 bits per heavy atom. The van der Waals surface area contributed by atoms with E-state index in [2.05, 4.69) is 5.10 Å². The van der Waals surface area contributed by atoms with Crippen molar-refractivity contribution in [3.8, 4) is 0 Å². The summed E-state index contributed by atoms with van der Waals surface area (Å²) in [5.41, 5.74) is 5.36. The number of hydrogen-bond acceptors (Lipinski definition) is 4. The molecule has 0 saturated heterocycles. The molecule has 6 nitrogen and oxygen atoms in total. The number of benzene rings is 1. The molecule has 1 aromatic heterocycles. The summed E-state index contributed by atoms with van der Waals surface area (Å²) in [6.45, 7) is 0.857. The Morgan fingerprint density at radius 3 is 2.86 bits per heavy atom. The molecule has 3 rings (SSSR count). The summed E-state index contributed by atoms with van der Waals surface area (Å²) in [7, 11) is -3.37. The average Bonchev–Trinajstić information content (AvgIpc) is 2.84. The number of carbonyl (C=O) groups is 1. The summed E-state index contributed by atoms with van der Waals surface area (Å²) in [6, 6.07) is 1.90. The van der Waals surface area contributed by atoms with E-state index in [1.54, 1.807) is 0 Å². The number of fused-ring (bicyclic) bond motifs is 3. The summed E-state index contributed by atoms with van der Waals surface area (Å²) in [5, 5.41) is 3.19. The van der Waals surface area contributed by atoms with E-state index in [9.17, 15) is 13.2 Å². The number of nitrogens with one attached hydrogen (secondary N) is 1. The summed E-state index contributed by atoms with van der Waals surface area (Å²) in [4.78, 5) is 11.1. The summed E-state index contributed by atoms with van der Waals surface area (Å²) in [6.07, 6.45) is 5.63. The number of aryl methyl sites for hydroxylation is 2. The number of aldehydes is 1. The molecule has 21 heavy (non-hydrogen) atoms. The number of nitrogens with zero attached hydrogens (tertiary/aromatic N) is 1. The maximum atomic E-state index is 11.1. The number of aromatic amines is 1. The Bertz CT molecular complexity index is 786. The molecule has 0 amide bonds. The molecule has 1 N–H and O–H groups in total. The van der Waals surface area contributed by atoms with Gasteiger partial charge in [-0.25, -0.2) is 0 Å². The highest BCUT2D eigenvalue weighted by Gasteiger charge is 2.22. The lowest BCUT2D eigenvalue weighted by atomic mass is 10.0. The van der Waals surface area contributed by atoms with Crippen molar-refractivity contribution in [3.63, 3.8) is 0 Å². The average molecular weight is 310 g/mol. The van der Waals surface area contributed by atoms with Crippen LogP contribution in [0.5, 0.6) is 0 Å². The maximum absolute atomic E-state index is 11.1. The molecule has 1 aliphatic rings. The quantitative estimate of drug-likeness (QED) is 0.499. The Kier molecular flexibility index (Phi) is 3.62. The first-order valence-corrected chi connectivity index (χ1v) is 8.84. The number of aromatic nitrogens is 2. The molecular formula is C14H18N2O4S. The van der Waals surface area contributed by atoms with Crippen molar-refractivity contribution in [1.29, 1.82) is 0 Å². The van der Waals surface area contributed by atoms with Crippen LogP contribution in [0, 0.1) is 0 Å². The van der Waals surface area contributed by atoms with Gasteiger partial charge in [0.2, 0.25) is 0 Å². The second kappa shape index (κ2) is 5.31. The van der Waals surface area contributed by atoms with Crippen LogP contribution in [0.1, 0.15) is 34.3 Å². The maximum Gasteiger partial charge on any atom is 0.264 e. The van der Waals surface area contributed by atoms with Gasteiger partial charge in [0.1, 0.15) is 6.29 Å². The predicted octanol–water partition coefficient (Wildman–Crippen LogP) is 1.64. The molecule has 114 valence electrons. The molecule has 0 atom stereocenters. The van der Waals surface area contributed by atoms with E-state index >= 15 is 0 Å². The SMILES string of the molecule is CS(=O)(=O)OCCCn1[nH]c2cc(C=O)c3c(c21)CCC3. The molecule has 1 aromatic carbocycles. The fourth-order valence-corrected chi connectivity index (χ4v) is 3.47. The summed E-state index contributed by atoms with van der Waals surface area (Å²) >= 11 is 0. The highest BCUT2D eigenvalue weighted by Crippen LogP contribution is 2.33. The molecule has 0 fully saturated rings. The van der Waals surface area contributed by atoms with Crippen molar-refractivity contribution < 1.29 is 17.4 Å². The van der Waals surface area contributed by atoms with Crippen LogP contribution in [-0.4, -0.2) is 37.3 Å². The van der Waals surface area contributed by atoms with Gasteiger partial charge in [0.25, 0.3) is 10.1 Å². The van der Waals surface area contributed by atoms with E-state index in [4.69, 9.17) is 4.18 Å². The lowest BCUT2D eigenvalue weighted by Crippen LogP contribution is -2.16. The zero-order valence-corrected chi connectivity index (χ0v) is 12.7. The van der Waals surface area contributed by atoms with Crippen LogP contribution in [-0.2, 0) is 33.7 Å². The minimum absolute atomic E-state index is 0.182. The Hall–Kier alpha value is -1.60. The first kappa shape index (κ1) is 14.3. The largest absolute Gasteiger partial charge is 0.298 e. The highest BCUT2D eigenvalue weighted by atomic mass is 32.2. The van der Waals surface area contributed by atoms with Gasteiger partial charge < -0.3 is 0 Å². The van der Waals surface area contributed by atoms with Crippen LogP contribution in [0.3, 0.4) is 0 Å². The van der Waals surface area contributed by atoms with E-state index in [1.165, 1.54) is 11.1 Å². The van der Waals surface area contributed by atoms with Crippen molar-refractivity contribution in [2.24, 2.45) is 0 Å². The van der Waals surface area contributed by atoms with Crippen molar-refractivity contribution in [2.45, 2.75) is 32.2 Å². The van der Waals surface area contributed by atoms with Gasteiger partial charge in [-0.2, -0.15) is 8.42 Å². The second-order valence-corrected chi connectivity index (χ2v) is 7.08. The number of H-pyrrole nitrogens is 1. The normalized spacial score (nSPS) is 14.7. The standard InChI is InChI=1S/C14H18N2O4S/c1-21(18,19)20-7-3-6-16-14-12-5-2-4-11(12)10(9-17)8-13(14)15-16/h8-9,15H,2-7H2,1H3. The highest BCUT2D eigenvalue weighted by molar-refractivity contribution is 7.85. The van der Waals surface area contributed by atoms with Gasteiger partial charge in [-0.05, 0) is 42.9 Å². The van der Waals surface area contributed by atoms with Crippen LogP contribution in [0.25, 0.3) is 11.0 Å². The van der Waals surface area contributed by atoms with Crippen molar-refractivity contribution in [3.05, 3.63) is 22.8 Å². The van der Waals surface area contributed by atoms with Crippen molar-refractivity contribution in [2.75, 3.05) is 12.9 Å². The fraction of sp³-hybridized carbons (Fsp3) is 0.500. The third-order valence-electron chi connectivity index (χ3n) is 3.88. The van der Waals surface area contributed by atoms with Crippen LogP contribution < -0.4 is 0 Å². The topological polar surface area (TPSA) is 81.2 Å². The van der Waals surface area contributed by atoms with Crippen LogP contribution >= 0.6 is 0 Å². The Labute approximate surface area is 123 Å². The van der Waals surface area contributed by atoms with Gasteiger partial charge in [0.15, 0.2) is 0 Å². The van der Waals surface area contributed by atoms with Crippen LogP contribution in [0.4, 0.5) is 0 Å². The van der Waals surface area contributed by atoms with E-state index in [1.807, 2.05) is 10.7 Å². The third-order valence-corrected chi connectivity index (χ3v) is 4.48. The van der Waals surface area contributed by atoms with E-state index in [0.29, 0.717) is 13.0 Å². The lowest BCUT2D eigenvalue weighted by molar-refractivity contribution is 0.112. The smallest absolute Gasteiger partial charge is 0.264 e.